The van der Waals surface area contributed by atoms with Crippen LogP contribution < -0.4 is 4.90 Å². The molecule has 0 aliphatic carbocycles. The average Bonchev–Trinajstić information content (AvgIpc) is 2.37. The molecule has 18 heavy (non-hydrogen) atoms. The highest BCUT2D eigenvalue weighted by molar-refractivity contribution is 7.90. The molecule has 0 aromatic carbocycles. The molecule has 1 aliphatic heterocycles. The summed E-state index contributed by atoms with van der Waals surface area (Å²) in [6.45, 7) is 4.01. The molecule has 2 rings (SSSR count). The molecule has 7 heteroatoms. The highest BCUT2D eigenvalue weighted by atomic mass is 32.2. The lowest BCUT2D eigenvalue weighted by atomic mass is 10.3. The van der Waals surface area contributed by atoms with E-state index in [-0.39, 0.29) is 5.75 Å². The quantitative estimate of drug-likeness (QED) is 0.744. The molecule has 1 saturated heterocycles. The van der Waals surface area contributed by atoms with Crippen LogP contribution in [0.5, 0.6) is 0 Å². The van der Waals surface area contributed by atoms with E-state index >= 15 is 0 Å². The fourth-order valence-corrected chi connectivity index (χ4v) is 2.51. The first kappa shape index (κ1) is 13.2. The van der Waals surface area contributed by atoms with Crippen molar-refractivity contribution in [3.63, 3.8) is 0 Å². The zero-order valence-electron chi connectivity index (χ0n) is 10.5. The molecule has 0 N–H and O–H groups in total. The summed E-state index contributed by atoms with van der Waals surface area (Å²) in [4.78, 5) is 12.7. The summed E-state index contributed by atoms with van der Waals surface area (Å²) in [5.41, 5.74) is 0. The van der Waals surface area contributed by atoms with Crippen LogP contribution in [0.15, 0.2) is 18.5 Å². The van der Waals surface area contributed by atoms with Crippen molar-refractivity contribution in [1.29, 1.82) is 0 Å². The van der Waals surface area contributed by atoms with E-state index in [2.05, 4.69) is 19.8 Å². The van der Waals surface area contributed by atoms with Gasteiger partial charge in [0.1, 0.15) is 9.84 Å². The highest BCUT2D eigenvalue weighted by Crippen LogP contribution is 2.09. The van der Waals surface area contributed by atoms with Crippen molar-refractivity contribution in [2.24, 2.45) is 0 Å². The van der Waals surface area contributed by atoms with E-state index in [9.17, 15) is 8.42 Å². The molecule has 1 aromatic rings. The molecule has 0 amide bonds. The summed E-state index contributed by atoms with van der Waals surface area (Å²) in [7, 11) is -2.87. The van der Waals surface area contributed by atoms with Crippen LogP contribution in [-0.2, 0) is 9.84 Å². The van der Waals surface area contributed by atoms with Gasteiger partial charge >= 0.3 is 0 Å². The van der Waals surface area contributed by atoms with Gasteiger partial charge in [0.25, 0.3) is 0 Å². The summed E-state index contributed by atoms with van der Waals surface area (Å²) in [5.74, 6) is 0.981. The van der Waals surface area contributed by atoms with Gasteiger partial charge in [-0.2, -0.15) is 0 Å². The largest absolute Gasteiger partial charge is 0.338 e. The molecule has 100 valence electrons. The average molecular weight is 270 g/mol. The lowest BCUT2D eigenvalue weighted by Crippen LogP contribution is -2.48. The molecule has 1 fully saturated rings. The van der Waals surface area contributed by atoms with E-state index in [1.165, 1.54) is 6.26 Å². The predicted octanol–water partition coefficient (Wildman–Crippen LogP) is -0.357. The van der Waals surface area contributed by atoms with E-state index in [0.717, 1.165) is 32.1 Å². The molecule has 2 heterocycles. The van der Waals surface area contributed by atoms with Gasteiger partial charge in [-0.25, -0.2) is 18.4 Å². The number of rotatable bonds is 4. The molecule has 1 aliphatic rings. The fraction of sp³-hybridized carbons (Fsp3) is 0.636. The van der Waals surface area contributed by atoms with Crippen LogP contribution in [0.1, 0.15) is 0 Å². The van der Waals surface area contributed by atoms with Gasteiger partial charge in [0.05, 0.1) is 5.75 Å². The number of nitrogens with zero attached hydrogens (tertiary/aromatic N) is 4. The first-order chi connectivity index (χ1) is 8.54. The number of piperazine rings is 1. The van der Waals surface area contributed by atoms with Crippen molar-refractivity contribution >= 4 is 15.8 Å². The number of hydrogen-bond acceptors (Lipinski definition) is 6. The van der Waals surface area contributed by atoms with E-state index in [1.807, 2.05) is 0 Å². The smallest absolute Gasteiger partial charge is 0.225 e. The zero-order chi connectivity index (χ0) is 13.0. The Kier molecular flexibility index (Phi) is 4.13. The van der Waals surface area contributed by atoms with Crippen LogP contribution in [0.4, 0.5) is 5.95 Å². The molecular weight excluding hydrogens is 252 g/mol. The van der Waals surface area contributed by atoms with Crippen molar-refractivity contribution < 1.29 is 8.42 Å². The Morgan fingerprint density at radius 1 is 1.17 bits per heavy atom. The van der Waals surface area contributed by atoms with Gasteiger partial charge < -0.3 is 4.90 Å². The molecule has 0 radical (unpaired) electrons. The molecular formula is C11H18N4O2S. The van der Waals surface area contributed by atoms with Crippen molar-refractivity contribution in [2.45, 2.75) is 0 Å². The van der Waals surface area contributed by atoms with Gasteiger partial charge in [0, 0.05) is 51.4 Å². The van der Waals surface area contributed by atoms with Gasteiger partial charge in [-0.3, -0.25) is 4.90 Å². The van der Waals surface area contributed by atoms with Crippen LogP contribution in [0.25, 0.3) is 0 Å². The van der Waals surface area contributed by atoms with Gasteiger partial charge in [0.15, 0.2) is 0 Å². The zero-order valence-corrected chi connectivity index (χ0v) is 11.3. The Hall–Kier alpha value is -1.21. The molecule has 0 atom stereocenters. The Labute approximate surface area is 108 Å². The van der Waals surface area contributed by atoms with Gasteiger partial charge in [-0.15, -0.1) is 0 Å². The van der Waals surface area contributed by atoms with Gasteiger partial charge in [0.2, 0.25) is 5.95 Å². The molecule has 0 saturated carbocycles. The van der Waals surface area contributed by atoms with Crippen LogP contribution in [0.3, 0.4) is 0 Å². The number of hydrogen-bond donors (Lipinski definition) is 0. The third kappa shape index (κ3) is 3.92. The molecule has 0 spiro atoms. The third-order valence-electron chi connectivity index (χ3n) is 2.99. The second kappa shape index (κ2) is 5.62. The maximum Gasteiger partial charge on any atom is 0.225 e. The molecule has 6 nitrogen and oxygen atoms in total. The maximum absolute atomic E-state index is 11.1. The fourth-order valence-electron chi connectivity index (χ4n) is 1.92. The topological polar surface area (TPSA) is 66.4 Å². The van der Waals surface area contributed by atoms with E-state index in [4.69, 9.17) is 0 Å². The molecule has 1 aromatic heterocycles. The summed E-state index contributed by atoms with van der Waals surface area (Å²) in [6.07, 6.45) is 4.75. The monoisotopic (exact) mass is 270 g/mol. The molecule has 0 unspecified atom stereocenters. The first-order valence-corrected chi connectivity index (χ1v) is 8.03. The summed E-state index contributed by atoms with van der Waals surface area (Å²) in [6, 6.07) is 1.80. The lowest BCUT2D eigenvalue weighted by molar-refractivity contribution is 0.270. The van der Waals surface area contributed by atoms with Crippen LogP contribution in [0, 0.1) is 0 Å². The first-order valence-electron chi connectivity index (χ1n) is 5.97. The van der Waals surface area contributed by atoms with Gasteiger partial charge in [-0.05, 0) is 6.07 Å². The second-order valence-electron chi connectivity index (χ2n) is 4.51. The normalized spacial score (nSPS) is 17.9. The Morgan fingerprint density at radius 3 is 2.33 bits per heavy atom. The summed E-state index contributed by atoms with van der Waals surface area (Å²) in [5, 5.41) is 0. The lowest BCUT2D eigenvalue weighted by Gasteiger charge is -2.34. The highest BCUT2D eigenvalue weighted by Gasteiger charge is 2.19. The summed E-state index contributed by atoms with van der Waals surface area (Å²) < 4.78 is 22.2. The van der Waals surface area contributed by atoms with Crippen molar-refractivity contribution in [1.82, 2.24) is 14.9 Å². The van der Waals surface area contributed by atoms with E-state index in [0.29, 0.717) is 6.54 Å². The minimum Gasteiger partial charge on any atom is -0.338 e. The SMILES string of the molecule is CS(=O)(=O)CCN1CCN(c2ncccn2)CC1. The standard InChI is InChI=1S/C11H18N4O2S/c1-18(16,17)10-9-14-5-7-15(8-6-14)11-12-3-2-4-13-11/h2-4H,5-10H2,1H3. The van der Waals surface area contributed by atoms with Crippen molar-refractivity contribution in [3.05, 3.63) is 18.5 Å². The van der Waals surface area contributed by atoms with Gasteiger partial charge in [-0.1, -0.05) is 0 Å². The number of aromatic nitrogens is 2. The maximum atomic E-state index is 11.1. The van der Waals surface area contributed by atoms with Crippen LogP contribution in [0.2, 0.25) is 0 Å². The minimum absolute atomic E-state index is 0.231. The minimum atomic E-state index is -2.87. The van der Waals surface area contributed by atoms with E-state index in [1.54, 1.807) is 18.5 Å². The van der Waals surface area contributed by atoms with Crippen LogP contribution in [-0.4, -0.2) is 68.0 Å². The molecule has 0 bridgehead atoms. The van der Waals surface area contributed by atoms with Crippen molar-refractivity contribution in [3.8, 4) is 0 Å². The Morgan fingerprint density at radius 2 is 1.78 bits per heavy atom. The van der Waals surface area contributed by atoms with E-state index < -0.39 is 9.84 Å². The summed E-state index contributed by atoms with van der Waals surface area (Å²) >= 11 is 0. The Balaban J connectivity index is 1.82. The Bertz CT molecular complexity index is 469. The number of sulfone groups is 1. The van der Waals surface area contributed by atoms with Crippen molar-refractivity contribution in [2.75, 3.05) is 49.6 Å². The third-order valence-corrected chi connectivity index (χ3v) is 3.91. The number of anilines is 1. The predicted molar refractivity (Wildman–Crippen MR) is 70.4 cm³/mol. The van der Waals surface area contributed by atoms with Crippen LogP contribution >= 0.6 is 0 Å². The second-order valence-corrected chi connectivity index (χ2v) is 6.77.